The third-order valence-corrected chi connectivity index (χ3v) is 3.62. The fourth-order valence-electron chi connectivity index (χ4n) is 2.11. The lowest BCUT2D eigenvalue weighted by atomic mass is 10.1. The van der Waals surface area contributed by atoms with Crippen LogP contribution in [0.3, 0.4) is 0 Å². The molecule has 2 aromatic rings. The highest BCUT2D eigenvalue weighted by molar-refractivity contribution is 6.33. The highest BCUT2D eigenvalue weighted by Crippen LogP contribution is 2.17. The number of halogens is 2. The summed E-state index contributed by atoms with van der Waals surface area (Å²) >= 11 is 6.00. The Morgan fingerprint density at radius 3 is 2.52 bits per heavy atom. The summed E-state index contributed by atoms with van der Waals surface area (Å²) in [6.07, 6.45) is 0.356. The number of Topliss-reactive ketones (excluding diaryl/α,β-unsaturated/α-hetero) is 1. The van der Waals surface area contributed by atoms with Crippen molar-refractivity contribution in [3.63, 3.8) is 0 Å². The van der Waals surface area contributed by atoms with Crippen molar-refractivity contribution >= 4 is 17.4 Å². The van der Waals surface area contributed by atoms with Crippen molar-refractivity contribution in [2.45, 2.75) is 13.0 Å². The van der Waals surface area contributed by atoms with Gasteiger partial charge in [0.2, 0.25) is 0 Å². The fraction of sp³-hybridized carbons (Fsp3) is 0.235. The fourth-order valence-corrected chi connectivity index (χ4v) is 2.35. The molecule has 0 aliphatic rings. The number of benzene rings is 2. The quantitative estimate of drug-likeness (QED) is 0.746. The van der Waals surface area contributed by atoms with Crippen molar-refractivity contribution in [2.75, 3.05) is 13.6 Å². The minimum absolute atomic E-state index is 0.000911. The van der Waals surface area contributed by atoms with Gasteiger partial charge in [-0.15, -0.1) is 0 Å². The van der Waals surface area contributed by atoms with Gasteiger partial charge in [-0.3, -0.25) is 4.79 Å². The molecule has 21 heavy (non-hydrogen) atoms. The Kier molecular flexibility index (Phi) is 5.48. The van der Waals surface area contributed by atoms with E-state index in [0.717, 1.165) is 0 Å². The van der Waals surface area contributed by atoms with Crippen LogP contribution in [0.15, 0.2) is 48.5 Å². The highest BCUT2D eigenvalue weighted by atomic mass is 35.5. The minimum atomic E-state index is -0.221. The number of nitrogens with zero attached hydrogens (tertiary/aromatic N) is 1. The maximum absolute atomic E-state index is 13.6. The van der Waals surface area contributed by atoms with Gasteiger partial charge in [-0.05, 0) is 25.2 Å². The molecule has 0 N–H and O–H groups in total. The molecule has 0 fully saturated rings. The van der Waals surface area contributed by atoms with Gasteiger partial charge in [0.25, 0.3) is 0 Å². The molecule has 0 saturated heterocycles. The first-order chi connectivity index (χ1) is 10.1. The van der Waals surface area contributed by atoms with Crippen LogP contribution in [-0.2, 0) is 6.54 Å². The second-order valence-electron chi connectivity index (χ2n) is 4.98. The maximum Gasteiger partial charge on any atom is 0.165 e. The number of ketones is 1. The summed E-state index contributed by atoms with van der Waals surface area (Å²) in [7, 11) is 1.87. The average molecular weight is 306 g/mol. The van der Waals surface area contributed by atoms with E-state index in [2.05, 4.69) is 0 Å². The second kappa shape index (κ2) is 7.34. The molecule has 4 heteroatoms. The van der Waals surface area contributed by atoms with Gasteiger partial charge in [0.05, 0.1) is 5.02 Å². The molecule has 0 atom stereocenters. The van der Waals surface area contributed by atoms with E-state index in [1.165, 1.54) is 6.07 Å². The van der Waals surface area contributed by atoms with Crippen LogP contribution in [0.25, 0.3) is 0 Å². The average Bonchev–Trinajstić information content (AvgIpc) is 2.48. The van der Waals surface area contributed by atoms with Crippen LogP contribution in [0.4, 0.5) is 4.39 Å². The zero-order valence-corrected chi connectivity index (χ0v) is 12.6. The van der Waals surface area contributed by atoms with Gasteiger partial charge in [0.15, 0.2) is 5.78 Å². The Labute approximate surface area is 129 Å². The van der Waals surface area contributed by atoms with E-state index in [1.54, 1.807) is 42.5 Å². The number of carbonyl (C=O) groups is 1. The van der Waals surface area contributed by atoms with Crippen LogP contribution >= 0.6 is 11.6 Å². The Bertz CT molecular complexity index is 630. The van der Waals surface area contributed by atoms with Crippen molar-refractivity contribution in [3.05, 3.63) is 70.5 Å². The van der Waals surface area contributed by atoms with Crippen molar-refractivity contribution in [3.8, 4) is 0 Å². The molecule has 0 unspecified atom stereocenters. The van der Waals surface area contributed by atoms with Gasteiger partial charge in [-0.2, -0.15) is 0 Å². The Morgan fingerprint density at radius 2 is 1.81 bits per heavy atom. The molecular weight excluding hydrogens is 289 g/mol. The summed E-state index contributed by atoms with van der Waals surface area (Å²) in [6, 6.07) is 13.7. The summed E-state index contributed by atoms with van der Waals surface area (Å²) in [5.74, 6) is -0.220. The molecule has 0 spiro atoms. The van der Waals surface area contributed by atoms with Gasteiger partial charge in [-0.25, -0.2) is 4.39 Å². The lowest BCUT2D eigenvalue weighted by molar-refractivity contribution is 0.0968. The van der Waals surface area contributed by atoms with Crippen LogP contribution in [0.2, 0.25) is 5.02 Å². The topological polar surface area (TPSA) is 20.3 Å². The third kappa shape index (κ3) is 4.38. The summed E-state index contributed by atoms with van der Waals surface area (Å²) in [5.41, 5.74) is 1.17. The SMILES string of the molecule is CN(CCC(=O)c1ccccc1Cl)Cc1ccccc1F. The number of rotatable bonds is 6. The van der Waals surface area contributed by atoms with E-state index in [0.29, 0.717) is 35.7 Å². The summed E-state index contributed by atoms with van der Waals surface area (Å²) in [5, 5.41) is 0.472. The largest absolute Gasteiger partial charge is 0.302 e. The molecule has 0 heterocycles. The number of carbonyl (C=O) groups excluding carboxylic acids is 1. The van der Waals surface area contributed by atoms with Crippen LogP contribution in [0.1, 0.15) is 22.3 Å². The van der Waals surface area contributed by atoms with Gasteiger partial charge >= 0.3 is 0 Å². The first-order valence-corrected chi connectivity index (χ1v) is 7.15. The highest BCUT2D eigenvalue weighted by Gasteiger charge is 2.11. The number of hydrogen-bond acceptors (Lipinski definition) is 2. The molecule has 110 valence electrons. The predicted molar refractivity (Wildman–Crippen MR) is 83.1 cm³/mol. The van der Waals surface area contributed by atoms with Gasteiger partial charge in [-0.1, -0.05) is 41.9 Å². The van der Waals surface area contributed by atoms with Crippen LogP contribution < -0.4 is 0 Å². The predicted octanol–water partition coefficient (Wildman–Crippen LogP) is 4.18. The zero-order chi connectivity index (χ0) is 15.2. The molecule has 0 aromatic heterocycles. The van der Waals surface area contributed by atoms with E-state index >= 15 is 0 Å². The molecule has 2 aromatic carbocycles. The van der Waals surface area contributed by atoms with Crippen LogP contribution in [0, 0.1) is 5.82 Å². The zero-order valence-electron chi connectivity index (χ0n) is 11.9. The molecule has 0 saturated carbocycles. The van der Waals surface area contributed by atoms with Crippen LogP contribution in [-0.4, -0.2) is 24.3 Å². The molecule has 0 radical (unpaired) electrons. The lowest BCUT2D eigenvalue weighted by Gasteiger charge is -2.16. The number of hydrogen-bond donors (Lipinski definition) is 0. The first-order valence-electron chi connectivity index (χ1n) is 6.77. The molecule has 0 aliphatic carbocycles. The standard InChI is InChI=1S/C17H17ClFNO/c1-20(12-13-6-2-5-9-16(13)19)11-10-17(21)14-7-3-4-8-15(14)18/h2-9H,10-12H2,1H3. The van der Waals surface area contributed by atoms with Crippen molar-refractivity contribution in [1.82, 2.24) is 4.90 Å². The molecule has 0 aliphatic heterocycles. The van der Waals surface area contributed by atoms with E-state index in [4.69, 9.17) is 11.6 Å². The van der Waals surface area contributed by atoms with Crippen molar-refractivity contribution < 1.29 is 9.18 Å². The molecule has 0 amide bonds. The van der Waals surface area contributed by atoms with E-state index in [1.807, 2.05) is 11.9 Å². The normalized spacial score (nSPS) is 10.9. The molecular formula is C17H17ClFNO. The molecule has 2 rings (SSSR count). The van der Waals surface area contributed by atoms with E-state index in [-0.39, 0.29) is 11.6 Å². The van der Waals surface area contributed by atoms with E-state index in [9.17, 15) is 9.18 Å². The summed E-state index contributed by atoms with van der Waals surface area (Å²) < 4.78 is 13.6. The Morgan fingerprint density at radius 1 is 1.14 bits per heavy atom. The van der Waals surface area contributed by atoms with Crippen LogP contribution in [0.5, 0.6) is 0 Å². The van der Waals surface area contributed by atoms with Gasteiger partial charge < -0.3 is 4.90 Å². The Hall–Kier alpha value is -1.71. The summed E-state index contributed by atoms with van der Waals surface area (Å²) in [4.78, 5) is 14.0. The minimum Gasteiger partial charge on any atom is -0.302 e. The lowest BCUT2D eigenvalue weighted by Crippen LogP contribution is -2.22. The van der Waals surface area contributed by atoms with Crippen molar-refractivity contribution in [2.24, 2.45) is 0 Å². The van der Waals surface area contributed by atoms with Crippen molar-refractivity contribution in [1.29, 1.82) is 0 Å². The van der Waals surface area contributed by atoms with Gasteiger partial charge in [0.1, 0.15) is 5.82 Å². The smallest absolute Gasteiger partial charge is 0.165 e. The second-order valence-corrected chi connectivity index (χ2v) is 5.39. The van der Waals surface area contributed by atoms with Gasteiger partial charge in [0, 0.05) is 30.6 Å². The summed E-state index contributed by atoms with van der Waals surface area (Å²) in [6.45, 7) is 1.03. The molecule has 0 bridgehead atoms. The first kappa shape index (κ1) is 15.7. The van der Waals surface area contributed by atoms with E-state index < -0.39 is 0 Å². The maximum atomic E-state index is 13.6. The third-order valence-electron chi connectivity index (χ3n) is 3.29. The Balaban J connectivity index is 1.90. The molecule has 2 nitrogen and oxygen atoms in total. The monoisotopic (exact) mass is 305 g/mol.